The van der Waals surface area contributed by atoms with Crippen molar-refractivity contribution in [3.63, 3.8) is 0 Å². The van der Waals surface area contributed by atoms with Crippen LogP contribution in [0.5, 0.6) is 5.75 Å². The second-order valence-electron chi connectivity index (χ2n) is 4.40. The Kier molecular flexibility index (Phi) is 5.36. The predicted octanol–water partition coefficient (Wildman–Crippen LogP) is 2.77. The summed E-state index contributed by atoms with van der Waals surface area (Å²) < 4.78 is 18.4. The maximum absolute atomic E-state index is 13.5. The van der Waals surface area contributed by atoms with Gasteiger partial charge in [-0.25, -0.2) is 9.18 Å². The summed E-state index contributed by atoms with van der Waals surface area (Å²) in [4.78, 5) is 11.6. The molecule has 19 heavy (non-hydrogen) atoms. The van der Waals surface area contributed by atoms with Gasteiger partial charge in [-0.3, -0.25) is 0 Å². The topological polar surface area (TPSA) is 50.4 Å². The molecular weight excluding hydrogens is 247 g/mol. The fourth-order valence-corrected chi connectivity index (χ4v) is 1.51. The molecule has 1 aromatic rings. The molecule has 2 N–H and O–H groups in total. The van der Waals surface area contributed by atoms with Gasteiger partial charge in [-0.1, -0.05) is 18.2 Å². The highest BCUT2D eigenvalue weighted by Crippen LogP contribution is 2.21. The summed E-state index contributed by atoms with van der Waals surface area (Å²) in [6.45, 7) is 7.70. The minimum Gasteiger partial charge on any atom is -0.494 e. The van der Waals surface area contributed by atoms with Crippen LogP contribution in [0.25, 0.3) is 0 Å². The molecule has 1 unspecified atom stereocenters. The van der Waals surface area contributed by atoms with Crippen molar-refractivity contribution in [1.29, 1.82) is 0 Å². The quantitative estimate of drug-likeness (QED) is 0.805. The Labute approximate surface area is 112 Å². The van der Waals surface area contributed by atoms with Crippen LogP contribution in [0.2, 0.25) is 0 Å². The van der Waals surface area contributed by atoms with Gasteiger partial charge in [-0.05, 0) is 31.5 Å². The lowest BCUT2D eigenvalue weighted by Crippen LogP contribution is -2.37. The monoisotopic (exact) mass is 266 g/mol. The first-order chi connectivity index (χ1) is 8.93. The van der Waals surface area contributed by atoms with Gasteiger partial charge < -0.3 is 15.4 Å². The van der Waals surface area contributed by atoms with Crippen molar-refractivity contribution < 1.29 is 13.9 Å². The number of nitrogens with one attached hydrogen (secondary N) is 2. The first-order valence-electron chi connectivity index (χ1n) is 5.96. The van der Waals surface area contributed by atoms with Gasteiger partial charge in [-0.2, -0.15) is 0 Å². The van der Waals surface area contributed by atoms with Gasteiger partial charge in [-0.15, -0.1) is 0 Å². The van der Waals surface area contributed by atoms with Crippen molar-refractivity contribution in [3.05, 3.63) is 41.7 Å². The van der Waals surface area contributed by atoms with E-state index in [-0.39, 0.29) is 17.8 Å². The molecule has 2 amide bonds. The summed E-state index contributed by atoms with van der Waals surface area (Å²) >= 11 is 0. The molecule has 1 aromatic carbocycles. The number of carbonyl (C=O) groups excluding carboxylic acids is 1. The van der Waals surface area contributed by atoms with E-state index in [1.807, 2.05) is 6.92 Å². The largest absolute Gasteiger partial charge is 0.494 e. The van der Waals surface area contributed by atoms with E-state index in [9.17, 15) is 9.18 Å². The summed E-state index contributed by atoms with van der Waals surface area (Å²) in [5.41, 5.74) is 1.53. The minimum atomic E-state index is -0.448. The van der Waals surface area contributed by atoms with E-state index in [4.69, 9.17) is 4.74 Å². The van der Waals surface area contributed by atoms with Gasteiger partial charge in [0.15, 0.2) is 11.6 Å². The molecule has 0 aromatic heterocycles. The van der Waals surface area contributed by atoms with Gasteiger partial charge >= 0.3 is 6.03 Å². The Balaban J connectivity index is 2.62. The van der Waals surface area contributed by atoms with E-state index < -0.39 is 5.82 Å². The SMILES string of the molecule is C=C(C)CNC(=O)NC(C)c1ccc(OC)c(F)c1. The van der Waals surface area contributed by atoms with Gasteiger partial charge in [0.2, 0.25) is 0 Å². The molecule has 0 fully saturated rings. The van der Waals surface area contributed by atoms with Crippen LogP contribution in [-0.4, -0.2) is 19.7 Å². The molecule has 0 heterocycles. The van der Waals surface area contributed by atoms with E-state index in [2.05, 4.69) is 17.2 Å². The average Bonchev–Trinajstić information content (AvgIpc) is 2.36. The molecule has 0 spiro atoms. The standard InChI is InChI=1S/C14H19FN2O2/c1-9(2)8-16-14(18)17-10(3)11-5-6-13(19-4)12(15)7-11/h5-7,10H,1,8H2,2-4H3,(H2,16,17,18). The lowest BCUT2D eigenvalue weighted by molar-refractivity contribution is 0.238. The smallest absolute Gasteiger partial charge is 0.315 e. The molecule has 104 valence electrons. The van der Waals surface area contributed by atoms with Crippen molar-refractivity contribution in [2.24, 2.45) is 0 Å². The van der Waals surface area contributed by atoms with Crippen molar-refractivity contribution >= 4 is 6.03 Å². The normalized spacial score (nSPS) is 11.6. The summed E-state index contributed by atoms with van der Waals surface area (Å²) in [5.74, 6) is -0.265. The Hall–Kier alpha value is -2.04. The Morgan fingerprint density at radius 2 is 2.21 bits per heavy atom. The fourth-order valence-electron chi connectivity index (χ4n) is 1.51. The number of hydrogen-bond donors (Lipinski definition) is 2. The second kappa shape index (κ2) is 6.78. The third kappa shape index (κ3) is 4.62. The zero-order chi connectivity index (χ0) is 14.4. The number of rotatable bonds is 5. The highest BCUT2D eigenvalue weighted by molar-refractivity contribution is 5.74. The first-order valence-corrected chi connectivity index (χ1v) is 5.96. The van der Waals surface area contributed by atoms with Crippen LogP contribution in [0.3, 0.4) is 0 Å². The molecule has 4 nitrogen and oxygen atoms in total. The first kappa shape index (κ1) is 15.0. The fraction of sp³-hybridized carbons (Fsp3) is 0.357. The highest BCUT2D eigenvalue weighted by atomic mass is 19.1. The van der Waals surface area contributed by atoms with Gasteiger partial charge in [0.1, 0.15) is 0 Å². The maximum Gasteiger partial charge on any atom is 0.315 e. The Morgan fingerprint density at radius 1 is 1.53 bits per heavy atom. The molecule has 0 bridgehead atoms. The number of carbonyl (C=O) groups is 1. The average molecular weight is 266 g/mol. The van der Waals surface area contributed by atoms with Crippen LogP contribution >= 0.6 is 0 Å². The lowest BCUT2D eigenvalue weighted by Gasteiger charge is -2.15. The van der Waals surface area contributed by atoms with Crippen LogP contribution in [-0.2, 0) is 0 Å². The molecule has 0 radical (unpaired) electrons. The molecule has 0 saturated carbocycles. The third-order valence-corrected chi connectivity index (χ3v) is 2.57. The van der Waals surface area contributed by atoms with Crippen LogP contribution in [0.4, 0.5) is 9.18 Å². The molecule has 0 saturated heterocycles. The van der Waals surface area contributed by atoms with E-state index >= 15 is 0 Å². The van der Waals surface area contributed by atoms with E-state index in [0.29, 0.717) is 12.1 Å². The number of amides is 2. The van der Waals surface area contributed by atoms with Crippen LogP contribution in [0, 0.1) is 5.82 Å². The second-order valence-corrected chi connectivity index (χ2v) is 4.40. The summed E-state index contributed by atoms with van der Waals surface area (Å²) in [6, 6.07) is 3.99. The maximum atomic E-state index is 13.5. The number of hydrogen-bond acceptors (Lipinski definition) is 2. The molecule has 0 aliphatic rings. The van der Waals surface area contributed by atoms with E-state index in [1.165, 1.54) is 19.2 Å². The number of methoxy groups -OCH3 is 1. The Morgan fingerprint density at radius 3 is 2.74 bits per heavy atom. The van der Waals surface area contributed by atoms with Crippen molar-refractivity contribution in [2.75, 3.05) is 13.7 Å². The number of ether oxygens (including phenoxy) is 1. The molecule has 0 aliphatic carbocycles. The number of benzene rings is 1. The molecule has 1 atom stereocenters. The van der Waals surface area contributed by atoms with Crippen molar-refractivity contribution in [1.82, 2.24) is 10.6 Å². The zero-order valence-electron chi connectivity index (χ0n) is 11.4. The highest BCUT2D eigenvalue weighted by Gasteiger charge is 2.11. The molecule has 5 heteroatoms. The lowest BCUT2D eigenvalue weighted by atomic mass is 10.1. The van der Waals surface area contributed by atoms with Crippen LogP contribution in [0.15, 0.2) is 30.4 Å². The number of halogens is 1. The van der Waals surface area contributed by atoms with Crippen molar-refractivity contribution in [3.8, 4) is 5.75 Å². The van der Waals surface area contributed by atoms with E-state index in [1.54, 1.807) is 13.0 Å². The predicted molar refractivity (Wildman–Crippen MR) is 72.7 cm³/mol. The Bertz CT molecular complexity index is 475. The number of urea groups is 1. The summed E-state index contributed by atoms with van der Waals surface area (Å²) in [6.07, 6.45) is 0. The summed E-state index contributed by atoms with van der Waals surface area (Å²) in [5, 5.41) is 5.37. The van der Waals surface area contributed by atoms with Gasteiger partial charge in [0.25, 0.3) is 0 Å². The van der Waals surface area contributed by atoms with Crippen LogP contribution in [0.1, 0.15) is 25.5 Å². The van der Waals surface area contributed by atoms with Crippen molar-refractivity contribution in [2.45, 2.75) is 19.9 Å². The summed E-state index contributed by atoms with van der Waals surface area (Å²) in [7, 11) is 1.41. The minimum absolute atomic E-state index is 0.183. The molecule has 1 rings (SSSR count). The van der Waals surface area contributed by atoms with Gasteiger partial charge in [0, 0.05) is 6.54 Å². The van der Waals surface area contributed by atoms with Gasteiger partial charge in [0.05, 0.1) is 13.2 Å². The molecular formula is C14H19FN2O2. The van der Waals surface area contributed by atoms with Crippen LogP contribution < -0.4 is 15.4 Å². The third-order valence-electron chi connectivity index (χ3n) is 2.57. The molecule has 0 aliphatic heterocycles. The zero-order valence-corrected chi connectivity index (χ0v) is 11.4. The van der Waals surface area contributed by atoms with E-state index in [0.717, 1.165) is 5.57 Å².